The van der Waals surface area contributed by atoms with Crippen LogP contribution in [0.1, 0.15) is 31.4 Å². The summed E-state index contributed by atoms with van der Waals surface area (Å²) in [4.78, 5) is 7.21. The quantitative estimate of drug-likeness (QED) is 0.280. The second-order valence-electron chi connectivity index (χ2n) is 9.80. The predicted molar refractivity (Wildman–Crippen MR) is 143 cm³/mol. The van der Waals surface area contributed by atoms with Crippen LogP contribution < -0.4 is 9.47 Å². The molecule has 0 bridgehead atoms. The molecule has 2 aliphatic rings. The van der Waals surface area contributed by atoms with E-state index < -0.39 is 0 Å². The van der Waals surface area contributed by atoms with E-state index in [9.17, 15) is 0 Å². The van der Waals surface area contributed by atoms with Crippen LogP contribution in [0.4, 0.5) is 0 Å². The van der Waals surface area contributed by atoms with E-state index in [4.69, 9.17) is 21.1 Å². The van der Waals surface area contributed by atoms with E-state index in [1.54, 1.807) is 7.11 Å². The molecule has 6 rings (SSSR count). The summed E-state index contributed by atoms with van der Waals surface area (Å²) in [6.45, 7) is 7.35. The fourth-order valence-corrected chi connectivity index (χ4v) is 6.32. The van der Waals surface area contributed by atoms with Crippen molar-refractivity contribution in [2.45, 2.75) is 38.0 Å². The molecule has 4 aromatic rings. The Kier molecular flexibility index (Phi) is 6.02. The molecule has 0 radical (unpaired) electrons. The highest BCUT2D eigenvalue weighted by atomic mass is 35.5. The van der Waals surface area contributed by atoms with Crippen LogP contribution in [0, 0.1) is 11.8 Å². The Hall–Kier alpha value is -3.22. The van der Waals surface area contributed by atoms with Gasteiger partial charge in [-0.1, -0.05) is 35.9 Å². The molecule has 5 atom stereocenters. The number of nitrogens with zero attached hydrogens (tertiary/aromatic N) is 4. The maximum atomic E-state index is 6.82. The maximum absolute atomic E-state index is 6.82. The molecule has 184 valence electrons. The highest BCUT2D eigenvalue weighted by Gasteiger charge is 2.49. The topological polar surface area (TPSA) is 60.4 Å². The van der Waals surface area contributed by atoms with Crippen molar-refractivity contribution >= 4 is 33.3 Å². The summed E-state index contributed by atoms with van der Waals surface area (Å²) in [5.74, 6) is 2.56. The molecule has 3 heterocycles. The lowest BCUT2D eigenvalue weighted by Gasteiger charge is -2.45. The average Bonchev–Trinajstić information content (AvgIpc) is 3.24. The fourth-order valence-electron chi connectivity index (χ4n) is 6.12. The van der Waals surface area contributed by atoms with E-state index in [0.29, 0.717) is 28.9 Å². The minimum absolute atomic E-state index is 0.0961. The van der Waals surface area contributed by atoms with Gasteiger partial charge in [0, 0.05) is 40.0 Å². The number of ether oxygens (including phenoxy) is 2. The summed E-state index contributed by atoms with van der Waals surface area (Å²) in [5, 5.41) is 11.6. The molecule has 2 fully saturated rings. The summed E-state index contributed by atoms with van der Waals surface area (Å²) in [6.07, 6.45) is 6.01. The number of likely N-dealkylation sites (tertiary alicyclic amines) is 1. The van der Waals surface area contributed by atoms with Gasteiger partial charge in [-0.3, -0.25) is 9.88 Å². The Morgan fingerprint density at radius 3 is 2.75 bits per heavy atom. The Labute approximate surface area is 215 Å². The molecule has 2 aromatic heterocycles. The van der Waals surface area contributed by atoms with E-state index in [-0.39, 0.29) is 12.1 Å². The van der Waals surface area contributed by atoms with E-state index in [0.717, 1.165) is 46.0 Å². The van der Waals surface area contributed by atoms with Gasteiger partial charge in [0.05, 0.1) is 12.6 Å². The standard InChI is InChI=1S/C29H29ClN4O2/c1-4-18-15-26-20(18)12-14-34(26)17(2)27(21-11-13-31-25-10-9-19(35-3)16-24(21)25)36-29-23-8-6-5-7-22(23)28(30)32-33-29/h4-11,13,16-18,20,26-27H,1,12,14-15H2,2-3H3/t17?,18?,20?,26-,27?/m0/s1. The minimum atomic E-state index is -0.303. The number of hydrogen-bond acceptors (Lipinski definition) is 6. The summed E-state index contributed by atoms with van der Waals surface area (Å²) in [6, 6.07) is 16.5. The molecule has 0 amide bonds. The van der Waals surface area contributed by atoms with Gasteiger partial charge in [0.2, 0.25) is 5.88 Å². The van der Waals surface area contributed by atoms with Crippen molar-refractivity contribution in [3.63, 3.8) is 0 Å². The molecular weight excluding hydrogens is 472 g/mol. The first-order valence-corrected chi connectivity index (χ1v) is 12.9. The van der Waals surface area contributed by atoms with Crippen LogP contribution in [0.25, 0.3) is 21.7 Å². The summed E-state index contributed by atoms with van der Waals surface area (Å²) >= 11 is 6.36. The first-order chi connectivity index (χ1) is 17.6. The molecular formula is C29H29ClN4O2. The highest BCUT2D eigenvalue weighted by molar-refractivity contribution is 6.34. The van der Waals surface area contributed by atoms with Gasteiger partial charge in [-0.15, -0.1) is 16.8 Å². The van der Waals surface area contributed by atoms with Crippen LogP contribution in [0.2, 0.25) is 5.15 Å². The molecule has 36 heavy (non-hydrogen) atoms. The largest absolute Gasteiger partial charge is 0.497 e. The van der Waals surface area contributed by atoms with Crippen molar-refractivity contribution in [3.8, 4) is 11.6 Å². The van der Waals surface area contributed by atoms with Crippen molar-refractivity contribution in [1.29, 1.82) is 0 Å². The monoisotopic (exact) mass is 500 g/mol. The Morgan fingerprint density at radius 2 is 1.94 bits per heavy atom. The first kappa shape index (κ1) is 23.2. The van der Waals surface area contributed by atoms with E-state index in [2.05, 4.69) is 45.7 Å². The normalized spacial score (nSPS) is 23.1. The van der Waals surface area contributed by atoms with Crippen LogP contribution >= 0.6 is 11.6 Å². The predicted octanol–water partition coefficient (Wildman–Crippen LogP) is 6.25. The van der Waals surface area contributed by atoms with E-state index >= 15 is 0 Å². The van der Waals surface area contributed by atoms with Crippen molar-refractivity contribution in [2.75, 3.05) is 13.7 Å². The van der Waals surface area contributed by atoms with Crippen LogP contribution in [-0.4, -0.2) is 45.8 Å². The number of rotatable bonds is 7. The number of benzene rings is 2. The molecule has 1 saturated heterocycles. The van der Waals surface area contributed by atoms with Gasteiger partial charge in [-0.05, 0) is 68.5 Å². The fraction of sp³-hybridized carbons (Fsp3) is 0.345. The molecule has 2 aromatic carbocycles. The highest BCUT2D eigenvalue weighted by Crippen LogP contribution is 2.48. The molecule has 6 nitrogen and oxygen atoms in total. The molecule has 1 saturated carbocycles. The van der Waals surface area contributed by atoms with Gasteiger partial charge in [-0.25, -0.2) is 0 Å². The second-order valence-corrected chi connectivity index (χ2v) is 10.2. The lowest BCUT2D eigenvalue weighted by molar-refractivity contribution is 0.0190. The van der Waals surface area contributed by atoms with Crippen molar-refractivity contribution in [1.82, 2.24) is 20.1 Å². The number of hydrogen-bond donors (Lipinski definition) is 0. The van der Waals surface area contributed by atoms with Gasteiger partial charge < -0.3 is 9.47 Å². The molecule has 0 N–H and O–H groups in total. The van der Waals surface area contributed by atoms with Crippen LogP contribution in [0.15, 0.2) is 67.4 Å². The minimum Gasteiger partial charge on any atom is -0.497 e. The van der Waals surface area contributed by atoms with Crippen molar-refractivity contribution < 1.29 is 9.47 Å². The number of aromatic nitrogens is 3. The number of methoxy groups -OCH3 is 1. The first-order valence-electron chi connectivity index (χ1n) is 12.5. The van der Waals surface area contributed by atoms with Gasteiger partial charge in [-0.2, -0.15) is 0 Å². The Bertz CT molecular complexity index is 1440. The van der Waals surface area contributed by atoms with Gasteiger partial charge in [0.1, 0.15) is 11.9 Å². The van der Waals surface area contributed by atoms with E-state index in [1.165, 1.54) is 6.42 Å². The smallest absolute Gasteiger partial charge is 0.242 e. The van der Waals surface area contributed by atoms with Crippen LogP contribution in [-0.2, 0) is 0 Å². The zero-order chi connectivity index (χ0) is 24.8. The zero-order valence-electron chi connectivity index (χ0n) is 20.5. The molecule has 1 aliphatic heterocycles. The third-order valence-corrected chi connectivity index (χ3v) is 8.38. The third kappa shape index (κ3) is 3.80. The lowest BCUT2D eigenvalue weighted by Crippen LogP contribution is -2.50. The van der Waals surface area contributed by atoms with Crippen LogP contribution in [0.5, 0.6) is 11.6 Å². The SMILES string of the molecule is C=CC1C[C@H]2C1CCN2C(C)C(Oc1nnc(Cl)c2ccccc12)c1ccnc2ccc(OC)cc12. The summed E-state index contributed by atoms with van der Waals surface area (Å²) in [5.41, 5.74) is 1.95. The Morgan fingerprint density at radius 1 is 1.11 bits per heavy atom. The number of halogens is 1. The van der Waals surface area contributed by atoms with Gasteiger partial charge in [0.25, 0.3) is 0 Å². The zero-order valence-corrected chi connectivity index (χ0v) is 21.2. The van der Waals surface area contributed by atoms with Crippen molar-refractivity contribution in [2.24, 2.45) is 11.8 Å². The Balaban J connectivity index is 1.45. The second kappa shape index (κ2) is 9.34. The summed E-state index contributed by atoms with van der Waals surface area (Å²) < 4.78 is 12.4. The van der Waals surface area contributed by atoms with Crippen molar-refractivity contribution in [3.05, 3.63) is 78.1 Å². The molecule has 7 heteroatoms. The average molecular weight is 501 g/mol. The van der Waals surface area contributed by atoms with Gasteiger partial charge in [0.15, 0.2) is 5.15 Å². The van der Waals surface area contributed by atoms with Gasteiger partial charge >= 0.3 is 0 Å². The maximum Gasteiger partial charge on any atom is 0.242 e. The lowest BCUT2D eigenvalue weighted by atomic mass is 9.69. The van der Waals surface area contributed by atoms with E-state index in [1.807, 2.05) is 48.7 Å². The van der Waals surface area contributed by atoms with Crippen LogP contribution in [0.3, 0.4) is 0 Å². The number of pyridine rings is 1. The summed E-state index contributed by atoms with van der Waals surface area (Å²) in [7, 11) is 1.68. The molecule has 4 unspecified atom stereocenters. The number of allylic oxidation sites excluding steroid dienone is 1. The number of fused-ring (bicyclic) bond motifs is 3. The molecule has 0 spiro atoms. The molecule has 1 aliphatic carbocycles. The third-order valence-electron chi connectivity index (χ3n) is 8.10.